The quantitative estimate of drug-likeness (QED) is 0.549. The third kappa shape index (κ3) is 6.24. The van der Waals surface area contributed by atoms with E-state index in [9.17, 15) is 23.6 Å². The van der Waals surface area contributed by atoms with E-state index in [0.717, 1.165) is 17.2 Å². The van der Waals surface area contributed by atoms with Gasteiger partial charge in [0.25, 0.3) is 5.91 Å². The molecule has 0 radical (unpaired) electrons. The van der Waals surface area contributed by atoms with E-state index in [4.69, 9.17) is 4.74 Å². The van der Waals surface area contributed by atoms with Gasteiger partial charge < -0.3 is 15.4 Å². The molecule has 2 N–H and O–H groups in total. The van der Waals surface area contributed by atoms with Crippen LogP contribution in [0, 0.1) is 19.7 Å². The fraction of sp³-hybridized carbons (Fsp3) is 0.238. The second kappa shape index (κ2) is 9.59. The zero-order valence-corrected chi connectivity index (χ0v) is 16.3. The van der Waals surface area contributed by atoms with Crippen LogP contribution in [0.25, 0.3) is 0 Å². The minimum Gasteiger partial charge on any atom is -0.456 e. The zero-order chi connectivity index (χ0) is 21.6. The molecule has 0 aliphatic heterocycles. The summed E-state index contributed by atoms with van der Waals surface area (Å²) in [6.45, 7) is 3.96. The highest BCUT2D eigenvalue weighted by Crippen LogP contribution is 2.15. The van der Waals surface area contributed by atoms with E-state index >= 15 is 0 Å². The molecule has 152 valence electrons. The number of rotatable bonds is 7. The lowest BCUT2D eigenvalue weighted by atomic mass is 10.1. The van der Waals surface area contributed by atoms with Gasteiger partial charge in [0.15, 0.2) is 6.61 Å². The van der Waals surface area contributed by atoms with Crippen LogP contribution in [0.5, 0.6) is 0 Å². The summed E-state index contributed by atoms with van der Waals surface area (Å²) in [5.41, 5.74) is 2.32. The van der Waals surface area contributed by atoms with Gasteiger partial charge in [-0.15, -0.1) is 0 Å². The number of esters is 1. The Kier molecular flexibility index (Phi) is 7.19. The summed E-state index contributed by atoms with van der Waals surface area (Å²) in [7, 11) is 0. The number of halogens is 1. The number of carbonyl (C=O) groups is 4. The van der Waals surface area contributed by atoms with Gasteiger partial charge in [0.1, 0.15) is 12.4 Å². The average molecular weight is 400 g/mol. The molecule has 0 atom stereocenters. The van der Waals surface area contributed by atoms with Crippen LogP contribution in [0.15, 0.2) is 36.4 Å². The minimum absolute atomic E-state index is 0.206. The number of Topliss-reactive ketones (excluding diaryl/α,β-unsaturated/α-hetero) is 1. The Morgan fingerprint density at radius 2 is 1.72 bits per heavy atom. The topological polar surface area (TPSA) is 102 Å². The standard InChI is InChI=1S/C21H21FN2O5/c1-12-4-5-15(8-13(12)2)21(28)23-10-20(27)29-11-19(26)17-7-6-16(9-18(17)22)24-14(3)25/h4-9H,10-11H2,1-3H3,(H,23,28)(H,24,25). The van der Waals surface area contributed by atoms with Gasteiger partial charge in [0, 0.05) is 18.2 Å². The maximum atomic E-state index is 14.0. The Morgan fingerprint density at radius 3 is 2.34 bits per heavy atom. The van der Waals surface area contributed by atoms with Crippen molar-refractivity contribution >= 4 is 29.3 Å². The first-order chi connectivity index (χ1) is 13.7. The van der Waals surface area contributed by atoms with Crippen LogP contribution in [-0.2, 0) is 14.3 Å². The summed E-state index contributed by atoms with van der Waals surface area (Å²) in [6.07, 6.45) is 0. The molecule has 0 saturated carbocycles. The van der Waals surface area contributed by atoms with Gasteiger partial charge >= 0.3 is 5.97 Å². The Hall–Kier alpha value is -3.55. The first-order valence-electron chi connectivity index (χ1n) is 8.79. The number of ketones is 1. The lowest BCUT2D eigenvalue weighted by molar-refractivity contribution is -0.141. The molecule has 0 fully saturated rings. The third-order valence-corrected chi connectivity index (χ3v) is 4.12. The van der Waals surface area contributed by atoms with Gasteiger partial charge in [-0.2, -0.15) is 0 Å². The van der Waals surface area contributed by atoms with Crippen LogP contribution in [-0.4, -0.2) is 36.7 Å². The highest BCUT2D eigenvalue weighted by Gasteiger charge is 2.16. The SMILES string of the molecule is CC(=O)Nc1ccc(C(=O)COC(=O)CNC(=O)c2ccc(C)c(C)c2)c(F)c1. The number of anilines is 1. The first kappa shape index (κ1) is 21.7. The minimum atomic E-state index is -0.847. The Labute approximate surface area is 167 Å². The summed E-state index contributed by atoms with van der Waals surface area (Å²) >= 11 is 0. The highest BCUT2D eigenvalue weighted by atomic mass is 19.1. The molecule has 0 aliphatic rings. The molecule has 29 heavy (non-hydrogen) atoms. The molecular formula is C21H21FN2O5. The largest absolute Gasteiger partial charge is 0.456 e. The van der Waals surface area contributed by atoms with E-state index in [0.29, 0.717) is 5.56 Å². The second-order valence-corrected chi connectivity index (χ2v) is 6.44. The predicted octanol–water partition coefficient (Wildman–Crippen LogP) is 2.56. The molecule has 0 spiro atoms. The number of amides is 2. The number of benzene rings is 2. The molecule has 2 amide bonds. The van der Waals surface area contributed by atoms with E-state index in [1.54, 1.807) is 18.2 Å². The van der Waals surface area contributed by atoms with Crippen LogP contribution >= 0.6 is 0 Å². The maximum Gasteiger partial charge on any atom is 0.325 e. The molecule has 8 heteroatoms. The van der Waals surface area contributed by atoms with Crippen molar-refractivity contribution in [3.8, 4) is 0 Å². The van der Waals surface area contributed by atoms with E-state index in [1.165, 1.54) is 19.1 Å². The molecule has 2 aromatic carbocycles. The molecule has 0 unspecified atom stereocenters. The molecule has 0 heterocycles. The molecule has 2 aromatic rings. The van der Waals surface area contributed by atoms with Gasteiger partial charge in [-0.05, 0) is 55.3 Å². The Morgan fingerprint density at radius 1 is 1.00 bits per heavy atom. The summed E-state index contributed by atoms with van der Waals surface area (Å²) in [5.74, 6) is -3.24. The molecule has 0 saturated heterocycles. The van der Waals surface area contributed by atoms with Crippen molar-refractivity contribution in [3.63, 3.8) is 0 Å². The van der Waals surface area contributed by atoms with Crippen LogP contribution in [0.1, 0.15) is 38.8 Å². The monoisotopic (exact) mass is 400 g/mol. The first-order valence-corrected chi connectivity index (χ1v) is 8.79. The maximum absolute atomic E-state index is 14.0. The van der Waals surface area contributed by atoms with Crippen molar-refractivity contribution in [2.45, 2.75) is 20.8 Å². The Bertz CT molecular complexity index is 972. The van der Waals surface area contributed by atoms with Gasteiger partial charge in [0.2, 0.25) is 11.7 Å². The molecule has 0 aromatic heterocycles. The summed E-state index contributed by atoms with van der Waals surface area (Å²) in [4.78, 5) is 46.8. The predicted molar refractivity (Wildman–Crippen MR) is 104 cm³/mol. The van der Waals surface area contributed by atoms with Crippen LogP contribution < -0.4 is 10.6 Å². The van der Waals surface area contributed by atoms with Gasteiger partial charge in [-0.25, -0.2) is 4.39 Å². The molecular weight excluding hydrogens is 379 g/mol. The van der Waals surface area contributed by atoms with E-state index in [-0.39, 0.29) is 17.2 Å². The molecule has 0 bridgehead atoms. The summed E-state index contributed by atoms with van der Waals surface area (Å²) in [5, 5.41) is 4.80. The van der Waals surface area contributed by atoms with Crippen molar-refractivity contribution in [2.24, 2.45) is 0 Å². The molecule has 2 rings (SSSR count). The van der Waals surface area contributed by atoms with Gasteiger partial charge in [-0.3, -0.25) is 19.2 Å². The molecule has 7 nitrogen and oxygen atoms in total. The average Bonchev–Trinajstić information content (AvgIpc) is 2.66. The van der Waals surface area contributed by atoms with Gasteiger partial charge in [-0.1, -0.05) is 6.07 Å². The lowest BCUT2D eigenvalue weighted by Gasteiger charge is -2.09. The summed E-state index contributed by atoms with van der Waals surface area (Å²) < 4.78 is 18.8. The van der Waals surface area contributed by atoms with Gasteiger partial charge in [0.05, 0.1) is 5.56 Å². The van der Waals surface area contributed by atoms with E-state index in [1.807, 2.05) is 13.8 Å². The van der Waals surface area contributed by atoms with Crippen molar-refractivity contribution in [1.29, 1.82) is 0 Å². The highest BCUT2D eigenvalue weighted by molar-refractivity contribution is 5.99. The summed E-state index contributed by atoms with van der Waals surface area (Å²) in [6, 6.07) is 8.70. The molecule has 0 aliphatic carbocycles. The van der Waals surface area contributed by atoms with Crippen molar-refractivity contribution in [1.82, 2.24) is 5.32 Å². The number of hydrogen-bond donors (Lipinski definition) is 2. The van der Waals surface area contributed by atoms with Crippen molar-refractivity contribution in [3.05, 3.63) is 64.5 Å². The van der Waals surface area contributed by atoms with E-state index in [2.05, 4.69) is 10.6 Å². The van der Waals surface area contributed by atoms with Crippen LogP contribution in [0.3, 0.4) is 0 Å². The second-order valence-electron chi connectivity index (χ2n) is 6.44. The third-order valence-electron chi connectivity index (χ3n) is 4.12. The number of nitrogens with one attached hydrogen (secondary N) is 2. The smallest absolute Gasteiger partial charge is 0.325 e. The van der Waals surface area contributed by atoms with Crippen LogP contribution in [0.2, 0.25) is 0 Å². The fourth-order valence-corrected chi connectivity index (χ4v) is 2.43. The normalized spacial score (nSPS) is 10.2. The number of ether oxygens (including phenoxy) is 1. The van der Waals surface area contributed by atoms with E-state index < -0.39 is 36.6 Å². The zero-order valence-electron chi connectivity index (χ0n) is 16.3. The van der Waals surface area contributed by atoms with Crippen LogP contribution in [0.4, 0.5) is 10.1 Å². The number of hydrogen-bond acceptors (Lipinski definition) is 5. The fourth-order valence-electron chi connectivity index (χ4n) is 2.43. The number of carbonyl (C=O) groups excluding carboxylic acids is 4. The lowest BCUT2D eigenvalue weighted by Crippen LogP contribution is -2.31. The number of aryl methyl sites for hydroxylation is 2. The van der Waals surface area contributed by atoms with Crippen molar-refractivity contribution in [2.75, 3.05) is 18.5 Å². The van der Waals surface area contributed by atoms with Crippen molar-refractivity contribution < 1.29 is 28.3 Å². The Balaban J connectivity index is 1.85.